The third-order valence-corrected chi connectivity index (χ3v) is 3.72. The van der Waals surface area contributed by atoms with Crippen molar-refractivity contribution in [2.75, 3.05) is 31.5 Å². The van der Waals surface area contributed by atoms with E-state index in [9.17, 15) is 18.4 Å². The summed E-state index contributed by atoms with van der Waals surface area (Å²) in [7, 11) is 0. The van der Waals surface area contributed by atoms with Crippen molar-refractivity contribution in [2.24, 2.45) is 0 Å². The minimum atomic E-state index is -2.56. The van der Waals surface area contributed by atoms with Crippen LogP contribution < -0.4 is 10.6 Å². The maximum Gasteiger partial charge on any atom is 0.288 e. The second-order valence-electron chi connectivity index (χ2n) is 4.68. The van der Waals surface area contributed by atoms with Gasteiger partial charge in [-0.1, -0.05) is 30.8 Å². The number of thioether (sulfide) groups is 1. The Balaban J connectivity index is 2.63. The van der Waals surface area contributed by atoms with E-state index in [-0.39, 0.29) is 24.9 Å². The Kier molecular flexibility index (Phi) is 8.57. The Bertz CT molecular complexity index is 529. The molecule has 0 bridgehead atoms. The van der Waals surface area contributed by atoms with Crippen LogP contribution in [0, 0.1) is 0 Å². The number of hydrogen-bond acceptors (Lipinski definition) is 4. The molecule has 2 N–H and O–H groups in total. The molecule has 0 saturated carbocycles. The van der Waals surface area contributed by atoms with Gasteiger partial charge in [-0.25, -0.2) is 0 Å². The van der Waals surface area contributed by atoms with Gasteiger partial charge in [-0.2, -0.15) is 8.78 Å². The molecule has 1 aromatic carbocycles. The first kappa shape index (κ1) is 19.4. The Morgan fingerprint density at radius 1 is 1.17 bits per heavy atom. The van der Waals surface area contributed by atoms with Gasteiger partial charge < -0.3 is 10.6 Å². The number of alkyl halides is 2. The van der Waals surface area contributed by atoms with Crippen molar-refractivity contribution in [3.63, 3.8) is 0 Å². The molecule has 0 aliphatic carbocycles. The fourth-order valence-corrected chi connectivity index (χ4v) is 2.49. The van der Waals surface area contributed by atoms with Crippen LogP contribution in [-0.4, -0.2) is 48.7 Å². The first-order valence-electron chi connectivity index (χ1n) is 7.29. The lowest BCUT2D eigenvalue weighted by molar-refractivity contribution is -0.123. The van der Waals surface area contributed by atoms with Gasteiger partial charge in [0.25, 0.3) is 5.76 Å². The monoisotopic (exact) mass is 345 g/mol. The van der Waals surface area contributed by atoms with Crippen molar-refractivity contribution in [3.05, 3.63) is 24.3 Å². The summed E-state index contributed by atoms with van der Waals surface area (Å²) < 4.78 is 25.0. The number of anilines is 1. The number of para-hydroxylation sites is 1. The highest BCUT2D eigenvalue weighted by Gasteiger charge is 2.15. The van der Waals surface area contributed by atoms with Crippen molar-refractivity contribution < 1.29 is 18.4 Å². The molecular weight excluding hydrogens is 324 g/mol. The Morgan fingerprint density at radius 3 is 2.43 bits per heavy atom. The summed E-state index contributed by atoms with van der Waals surface area (Å²) in [5, 5.41) is 5.28. The van der Waals surface area contributed by atoms with Crippen LogP contribution in [0.3, 0.4) is 0 Å². The van der Waals surface area contributed by atoms with E-state index < -0.39 is 5.76 Å². The first-order chi connectivity index (χ1) is 11.0. The van der Waals surface area contributed by atoms with E-state index in [4.69, 9.17) is 0 Å². The number of halogens is 2. The van der Waals surface area contributed by atoms with Gasteiger partial charge >= 0.3 is 0 Å². The van der Waals surface area contributed by atoms with Crippen LogP contribution in [0.1, 0.15) is 13.8 Å². The molecule has 5 nitrogen and oxygen atoms in total. The molecule has 1 rings (SSSR count). The van der Waals surface area contributed by atoms with Crippen LogP contribution in [0.2, 0.25) is 0 Å². The number of carbonyl (C=O) groups excluding carboxylic acids is 2. The molecule has 8 heteroatoms. The van der Waals surface area contributed by atoms with Crippen molar-refractivity contribution in [2.45, 2.75) is 24.5 Å². The molecule has 2 amide bonds. The van der Waals surface area contributed by atoms with E-state index in [0.717, 1.165) is 0 Å². The number of amides is 2. The maximum atomic E-state index is 12.5. The lowest BCUT2D eigenvalue weighted by Gasteiger charge is -2.19. The number of likely N-dealkylation sites (N-methyl/N-ethyl adjacent to an activating group) is 2. The quantitative estimate of drug-likeness (QED) is 0.675. The average molecular weight is 345 g/mol. The molecule has 0 aliphatic heterocycles. The SMILES string of the molecule is CCNC(=O)CN(CC)CC(=O)Nc1ccccc1SC(F)F. The van der Waals surface area contributed by atoms with Crippen molar-refractivity contribution in [3.8, 4) is 0 Å². The van der Waals surface area contributed by atoms with E-state index in [0.29, 0.717) is 35.4 Å². The highest BCUT2D eigenvalue weighted by atomic mass is 32.2. The lowest BCUT2D eigenvalue weighted by Crippen LogP contribution is -2.41. The largest absolute Gasteiger partial charge is 0.355 e. The van der Waals surface area contributed by atoms with Gasteiger partial charge in [-0.3, -0.25) is 14.5 Å². The van der Waals surface area contributed by atoms with Gasteiger partial charge in [-0.05, 0) is 25.6 Å². The topological polar surface area (TPSA) is 61.4 Å². The zero-order valence-corrected chi connectivity index (χ0v) is 14.0. The minimum absolute atomic E-state index is 0.0152. The van der Waals surface area contributed by atoms with Crippen LogP contribution in [0.4, 0.5) is 14.5 Å². The molecule has 0 heterocycles. The molecule has 23 heavy (non-hydrogen) atoms. The van der Waals surface area contributed by atoms with E-state index >= 15 is 0 Å². The summed E-state index contributed by atoms with van der Waals surface area (Å²) in [6.45, 7) is 4.84. The van der Waals surface area contributed by atoms with E-state index in [1.165, 1.54) is 6.07 Å². The highest BCUT2D eigenvalue weighted by molar-refractivity contribution is 7.99. The summed E-state index contributed by atoms with van der Waals surface area (Å²) >= 11 is 0.383. The Morgan fingerprint density at radius 2 is 1.83 bits per heavy atom. The van der Waals surface area contributed by atoms with Gasteiger partial charge in [0.15, 0.2) is 0 Å². The van der Waals surface area contributed by atoms with Crippen LogP contribution >= 0.6 is 11.8 Å². The highest BCUT2D eigenvalue weighted by Crippen LogP contribution is 2.31. The minimum Gasteiger partial charge on any atom is -0.355 e. The molecule has 0 radical (unpaired) electrons. The van der Waals surface area contributed by atoms with Crippen LogP contribution in [0.15, 0.2) is 29.2 Å². The van der Waals surface area contributed by atoms with Gasteiger partial charge in [0.1, 0.15) is 0 Å². The molecule has 0 saturated heterocycles. The van der Waals surface area contributed by atoms with E-state index in [1.54, 1.807) is 23.1 Å². The molecule has 0 unspecified atom stereocenters. The van der Waals surface area contributed by atoms with Gasteiger partial charge in [0.2, 0.25) is 11.8 Å². The fraction of sp³-hybridized carbons (Fsp3) is 0.467. The summed E-state index contributed by atoms with van der Waals surface area (Å²) in [6, 6.07) is 6.40. The number of rotatable bonds is 9. The zero-order valence-electron chi connectivity index (χ0n) is 13.1. The van der Waals surface area contributed by atoms with Crippen molar-refractivity contribution >= 4 is 29.3 Å². The molecular formula is C15H21F2N3O2S. The molecule has 128 valence electrons. The van der Waals surface area contributed by atoms with Crippen molar-refractivity contribution in [1.29, 1.82) is 0 Å². The van der Waals surface area contributed by atoms with Crippen molar-refractivity contribution in [1.82, 2.24) is 10.2 Å². The summed E-state index contributed by atoms with van der Waals surface area (Å²) in [6.07, 6.45) is 0. The van der Waals surface area contributed by atoms with Crippen LogP contribution in [0.5, 0.6) is 0 Å². The standard InChI is InChI=1S/C15H21F2N3O2S/c1-3-18-13(21)9-20(4-2)10-14(22)19-11-7-5-6-8-12(11)23-15(16)17/h5-8,15H,3-4,9-10H2,1-2H3,(H,18,21)(H,19,22). The van der Waals surface area contributed by atoms with Gasteiger partial charge in [0.05, 0.1) is 18.8 Å². The Hall–Kier alpha value is -1.67. The number of nitrogens with one attached hydrogen (secondary N) is 2. The second kappa shape index (κ2) is 10.2. The predicted molar refractivity (Wildman–Crippen MR) is 87.7 cm³/mol. The van der Waals surface area contributed by atoms with Crippen LogP contribution in [0.25, 0.3) is 0 Å². The van der Waals surface area contributed by atoms with E-state index in [1.807, 2.05) is 13.8 Å². The Labute approximate surface area is 138 Å². The summed E-state index contributed by atoms with van der Waals surface area (Å²) in [4.78, 5) is 25.6. The summed E-state index contributed by atoms with van der Waals surface area (Å²) in [5.74, 6) is -3.06. The first-order valence-corrected chi connectivity index (χ1v) is 8.17. The third kappa shape index (κ3) is 7.43. The van der Waals surface area contributed by atoms with Gasteiger partial charge in [-0.15, -0.1) is 0 Å². The van der Waals surface area contributed by atoms with Crippen LogP contribution in [-0.2, 0) is 9.59 Å². The molecule has 0 spiro atoms. The number of carbonyl (C=O) groups is 2. The zero-order chi connectivity index (χ0) is 17.2. The normalized spacial score (nSPS) is 10.9. The molecule has 0 aromatic heterocycles. The number of benzene rings is 1. The fourth-order valence-electron chi connectivity index (χ4n) is 1.90. The summed E-state index contributed by atoms with van der Waals surface area (Å²) in [5.41, 5.74) is 0.344. The van der Waals surface area contributed by atoms with Gasteiger partial charge in [0, 0.05) is 11.4 Å². The van der Waals surface area contributed by atoms with E-state index in [2.05, 4.69) is 10.6 Å². The molecule has 1 aromatic rings. The molecule has 0 fully saturated rings. The second-order valence-corrected chi connectivity index (χ2v) is 5.71. The lowest BCUT2D eigenvalue weighted by atomic mass is 10.3. The number of hydrogen-bond donors (Lipinski definition) is 2. The predicted octanol–water partition coefficient (Wildman–Crippen LogP) is 2.40. The average Bonchev–Trinajstić information content (AvgIpc) is 2.48. The smallest absolute Gasteiger partial charge is 0.288 e. The third-order valence-electron chi connectivity index (χ3n) is 2.93. The maximum absolute atomic E-state index is 12.5. The molecule has 0 atom stereocenters. The molecule has 0 aliphatic rings. The number of nitrogens with zero attached hydrogens (tertiary/aromatic N) is 1.